The van der Waals surface area contributed by atoms with Crippen LogP contribution < -0.4 is 5.32 Å². The van der Waals surface area contributed by atoms with Gasteiger partial charge in [-0.3, -0.25) is 0 Å². The Morgan fingerprint density at radius 2 is 2.07 bits per heavy atom. The topological polar surface area (TPSA) is 15.3 Å². The third kappa shape index (κ3) is 4.12. The van der Waals surface area contributed by atoms with E-state index >= 15 is 0 Å². The Morgan fingerprint density at radius 1 is 1.33 bits per heavy atom. The van der Waals surface area contributed by atoms with E-state index in [1.807, 2.05) is 0 Å². The van der Waals surface area contributed by atoms with Crippen molar-refractivity contribution in [3.63, 3.8) is 0 Å². The number of nitrogens with zero attached hydrogens (tertiary/aromatic N) is 1. The number of hydrogen-bond donors (Lipinski definition) is 1. The summed E-state index contributed by atoms with van der Waals surface area (Å²) in [6, 6.07) is 1.40. The molecule has 0 saturated carbocycles. The zero-order chi connectivity index (χ0) is 11.3. The Balaban J connectivity index is 2.25. The van der Waals surface area contributed by atoms with Crippen molar-refractivity contribution in [2.45, 2.75) is 59.0 Å². The molecular formula is C13H28N2. The molecule has 1 rings (SSSR count). The van der Waals surface area contributed by atoms with E-state index in [-0.39, 0.29) is 0 Å². The number of hydrogen-bond acceptors (Lipinski definition) is 2. The van der Waals surface area contributed by atoms with Crippen molar-refractivity contribution >= 4 is 0 Å². The van der Waals surface area contributed by atoms with Crippen molar-refractivity contribution in [2.75, 3.05) is 19.6 Å². The van der Waals surface area contributed by atoms with Gasteiger partial charge in [-0.05, 0) is 45.7 Å². The van der Waals surface area contributed by atoms with Crippen molar-refractivity contribution in [3.05, 3.63) is 0 Å². The number of nitrogens with one attached hydrogen (secondary N) is 1. The maximum absolute atomic E-state index is 3.50. The van der Waals surface area contributed by atoms with Crippen LogP contribution in [0.5, 0.6) is 0 Å². The molecular weight excluding hydrogens is 184 g/mol. The Hall–Kier alpha value is -0.0800. The molecule has 1 N–H and O–H groups in total. The lowest BCUT2D eigenvalue weighted by atomic mass is 10.1. The van der Waals surface area contributed by atoms with Crippen molar-refractivity contribution < 1.29 is 0 Å². The van der Waals surface area contributed by atoms with Gasteiger partial charge in [-0.25, -0.2) is 0 Å². The van der Waals surface area contributed by atoms with Crippen molar-refractivity contribution in [3.8, 4) is 0 Å². The summed E-state index contributed by atoms with van der Waals surface area (Å²) in [5.74, 6) is 0.960. The minimum Gasteiger partial charge on any atom is -0.314 e. The molecule has 0 radical (unpaired) electrons. The predicted octanol–water partition coefficient (Wildman–Crippen LogP) is 2.49. The minimum atomic E-state index is 0.658. The van der Waals surface area contributed by atoms with Crippen molar-refractivity contribution in [1.82, 2.24) is 10.2 Å². The fourth-order valence-corrected chi connectivity index (χ4v) is 2.69. The molecule has 0 aromatic rings. The number of rotatable bonds is 6. The van der Waals surface area contributed by atoms with Gasteiger partial charge < -0.3 is 10.2 Å². The first-order chi connectivity index (χ1) is 7.17. The lowest BCUT2D eigenvalue weighted by molar-refractivity contribution is 0.223. The summed E-state index contributed by atoms with van der Waals surface area (Å²) >= 11 is 0. The van der Waals surface area contributed by atoms with Crippen LogP contribution in [0.15, 0.2) is 0 Å². The van der Waals surface area contributed by atoms with Gasteiger partial charge in [0.1, 0.15) is 0 Å². The normalized spacial score (nSPS) is 26.8. The summed E-state index contributed by atoms with van der Waals surface area (Å²) in [5, 5.41) is 3.50. The molecule has 0 amide bonds. The second kappa shape index (κ2) is 6.49. The Bertz CT molecular complexity index is 170. The van der Waals surface area contributed by atoms with Gasteiger partial charge >= 0.3 is 0 Å². The highest BCUT2D eigenvalue weighted by Crippen LogP contribution is 2.22. The van der Waals surface area contributed by atoms with E-state index in [9.17, 15) is 0 Å². The molecule has 2 heteroatoms. The maximum atomic E-state index is 3.50. The number of likely N-dealkylation sites (tertiary alicyclic amines) is 1. The highest BCUT2D eigenvalue weighted by molar-refractivity contribution is 4.80. The molecule has 0 aliphatic carbocycles. The van der Waals surface area contributed by atoms with Gasteiger partial charge in [-0.1, -0.05) is 20.3 Å². The minimum absolute atomic E-state index is 0.658. The molecule has 1 aliphatic rings. The van der Waals surface area contributed by atoms with Crippen LogP contribution in [0, 0.1) is 5.92 Å². The Labute approximate surface area is 95.4 Å². The predicted molar refractivity (Wildman–Crippen MR) is 67.2 cm³/mol. The summed E-state index contributed by atoms with van der Waals surface area (Å²) in [4.78, 5) is 2.67. The van der Waals surface area contributed by atoms with Crippen LogP contribution in [0.4, 0.5) is 0 Å². The van der Waals surface area contributed by atoms with Gasteiger partial charge in [0.25, 0.3) is 0 Å². The van der Waals surface area contributed by atoms with E-state index in [2.05, 4.69) is 37.9 Å². The Morgan fingerprint density at radius 3 is 2.60 bits per heavy atom. The lowest BCUT2D eigenvalue weighted by Gasteiger charge is -2.27. The van der Waals surface area contributed by atoms with E-state index < -0.39 is 0 Å². The first-order valence-corrected chi connectivity index (χ1v) is 6.64. The standard InChI is InChI=1S/C13H28N2/c1-5-13-7-8-15(10-13)12(4)9-11(3)14-6-2/h11-14H,5-10H2,1-4H3. The summed E-state index contributed by atoms with van der Waals surface area (Å²) in [5.41, 5.74) is 0. The van der Waals surface area contributed by atoms with Crippen molar-refractivity contribution in [2.24, 2.45) is 5.92 Å². The zero-order valence-corrected chi connectivity index (χ0v) is 10.9. The highest BCUT2D eigenvalue weighted by Gasteiger charge is 2.25. The second-order valence-electron chi connectivity index (χ2n) is 5.10. The quantitative estimate of drug-likeness (QED) is 0.728. The van der Waals surface area contributed by atoms with Crippen LogP contribution in [0.1, 0.15) is 47.0 Å². The Kier molecular flexibility index (Phi) is 5.62. The van der Waals surface area contributed by atoms with Crippen LogP contribution in [-0.2, 0) is 0 Å². The van der Waals surface area contributed by atoms with E-state index in [0.29, 0.717) is 6.04 Å². The van der Waals surface area contributed by atoms with E-state index in [1.165, 1.54) is 32.4 Å². The molecule has 0 aromatic carbocycles. The van der Waals surface area contributed by atoms with Crippen LogP contribution in [0.25, 0.3) is 0 Å². The molecule has 0 bridgehead atoms. The van der Waals surface area contributed by atoms with E-state index in [4.69, 9.17) is 0 Å². The van der Waals surface area contributed by atoms with E-state index in [0.717, 1.165) is 18.5 Å². The second-order valence-corrected chi connectivity index (χ2v) is 5.10. The molecule has 0 aromatic heterocycles. The monoisotopic (exact) mass is 212 g/mol. The van der Waals surface area contributed by atoms with Gasteiger partial charge in [0.2, 0.25) is 0 Å². The molecule has 1 heterocycles. The molecule has 1 fully saturated rings. The van der Waals surface area contributed by atoms with Gasteiger partial charge in [0.05, 0.1) is 0 Å². The molecule has 0 spiro atoms. The summed E-state index contributed by atoms with van der Waals surface area (Å²) in [7, 11) is 0. The van der Waals surface area contributed by atoms with E-state index in [1.54, 1.807) is 0 Å². The average molecular weight is 212 g/mol. The summed E-state index contributed by atoms with van der Waals surface area (Å²) in [6.07, 6.45) is 4.05. The summed E-state index contributed by atoms with van der Waals surface area (Å²) < 4.78 is 0. The zero-order valence-electron chi connectivity index (χ0n) is 10.9. The van der Waals surface area contributed by atoms with Crippen LogP contribution >= 0.6 is 0 Å². The molecule has 3 atom stereocenters. The molecule has 2 nitrogen and oxygen atoms in total. The fraction of sp³-hybridized carbons (Fsp3) is 1.00. The van der Waals surface area contributed by atoms with Gasteiger partial charge in [-0.15, -0.1) is 0 Å². The van der Waals surface area contributed by atoms with Crippen LogP contribution in [0.2, 0.25) is 0 Å². The van der Waals surface area contributed by atoms with Gasteiger partial charge in [0, 0.05) is 18.6 Å². The third-order valence-corrected chi connectivity index (χ3v) is 3.77. The van der Waals surface area contributed by atoms with Gasteiger partial charge in [0.15, 0.2) is 0 Å². The SMILES string of the molecule is CCNC(C)CC(C)N1CCC(CC)C1. The molecule has 3 unspecified atom stereocenters. The van der Waals surface area contributed by atoms with Crippen LogP contribution in [0.3, 0.4) is 0 Å². The van der Waals surface area contributed by atoms with Gasteiger partial charge in [-0.2, -0.15) is 0 Å². The third-order valence-electron chi connectivity index (χ3n) is 3.77. The molecule has 90 valence electrons. The maximum Gasteiger partial charge on any atom is 0.00817 e. The fourth-order valence-electron chi connectivity index (χ4n) is 2.69. The van der Waals surface area contributed by atoms with Crippen LogP contribution in [-0.4, -0.2) is 36.6 Å². The lowest BCUT2D eigenvalue weighted by Crippen LogP contribution is -2.37. The largest absolute Gasteiger partial charge is 0.314 e. The highest BCUT2D eigenvalue weighted by atomic mass is 15.2. The first kappa shape index (κ1) is 13.0. The molecule has 1 saturated heterocycles. The van der Waals surface area contributed by atoms with Crippen molar-refractivity contribution in [1.29, 1.82) is 0 Å². The average Bonchev–Trinajstić information content (AvgIpc) is 2.66. The summed E-state index contributed by atoms with van der Waals surface area (Å²) in [6.45, 7) is 12.9. The molecule has 15 heavy (non-hydrogen) atoms. The smallest absolute Gasteiger partial charge is 0.00817 e. The first-order valence-electron chi connectivity index (χ1n) is 6.64. The molecule has 1 aliphatic heterocycles.